The van der Waals surface area contributed by atoms with Crippen molar-refractivity contribution in [2.75, 3.05) is 26.7 Å². The van der Waals surface area contributed by atoms with Gasteiger partial charge in [-0.15, -0.1) is 0 Å². The van der Waals surface area contributed by atoms with Crippen molar-refractivity contribution < 1.29 is 39.2 Å². The maximum absolute atomic E-state index is 14.3. The van der Waals surface area contributed by atoms with Gasteiger partial charge < -0.3 is 35.0 Å². The third-order valence-corrected chi connectivity index (χ3v) is 13.0. The van der Waals surface area contributed by atoms with Crippen LogP contribution < -0.4 is 5.32 Å². The second-order valence-electron chi connectivity index (χ2n) is 18.6. The molecule has 64 heavy (non-hydrogen) atoms. The topological polar surface area (TPSA) is 149 Å². The third-order valence-electron chi connectivity index (χ3n) is 13.0. The van der Waals surface area contributed by atoms with Gasteiger partial charge >= 0.3 is 6.09 Å². The van der Waals surface area contributed by atoms with E-state index in [-0.39, 0.29) is 32.0 Å². The quantitative estimate of drug-likeness (QED) is 0.0472. The smallest absolute Gasteiger partial charge is 0.417 e. The number of benzene rings is 1. The molecule has 3 amide bonds. The Morgan fingerprint density at radius 3 is 1.44 bits per heavy atom. The van der Waals surface area contributed by atoms with Gasteiger partial charge in [-0.1, -0.05) is 230 Å². The molecule has 1 aromatic rings. The van der Waals surface area contributed by atoms with Crippen molar-refractivity contribution in [1.82, 2.24) is 15.1 Å². The van der Waals surface area contributed by atoms with Gasteiger partial charge in [0.05, 0.1) is 13.2 Å². The molecule has 1 unspecified atom stereocenters. The summed E-state index contributed by atoms with van der Waals surface area (Å²) >= 11 is 0. The molecule has 1 fully saturated rings. The largest absolute Gasteiger partial charge is 0.444 e. The molecule has 4 N–H and O–H groups in total. The summed E-state index contributed by atoms with van der Waals surface area (Å²) in [4.78, 5) is 44.3. The minimum absolute atomic E-state index is 0.125. The molecular formula is C53H95N3O8. The molecule has 1 aromatic carbocycles. The van der Waals surface area contributed by atoms with E-state index in [2.05, 4.69) is 19.2 Å². The van der Waals surface area contributed by atoms with Crippen LogP contribution in [0, 0.1) is 0 Å². The highest BCUT2D eigenvalue weighted by Gasteiger charge is 2.53. The van der Waals surface area contributed by atoms with Crippen LogP contribution in [0.3, 0.4) is 0 Å². The average Bonchev–Trinajstić information content (AvgIpc) is 3.30. The molecule has 2 rings (SSSR count). The van der Waals surface area contributed by atoms with E-state index in [9.17, 15) is 29.7 Å². The number of amides is 3. The van der Waals surface area contributed by atoms with Crippen molar-refractivity contribution >= 4 is 17.9 Å². The van der Waals surface area contributed by atoms with E-state index in [0.717, 1.165) is 43.4 Å². The summed E-state index contributed by atoms with van der Waals surface area (Å²) < 4.78 is 11.9. The van der Waals surface area contributed by atoms with Crippen molar-refractivity contribution in [3.05, 3.63) is 35.9 Å². The zero-order chi connectivity index (χ0) is 46.5. The Balaban J connectivity index is 2.04. The fourth-order valence-electron chi connectivity index (χ4n) is 9.05. The minimum Gasteiger partial charge on any atom is -0.444 e. The van der Waals surface area contributed by atoms with Gasteiger partial charge in [0.15, 0.2) is 6.23 Å². The first kappa shape index (κ1) is 57.6. The number of unbranched alkanes of at least 4 members (excludes halogenated alkanes) is 29. The Morgan fingerprint density at radius 2 is 1.02 bits per heavy atom. The standard InChI is InChI=1S/C53H95N3O8/c1-4-6-8-10-12-14-16-18-20-22-24-26-28-30-32-37-41-55(47(58)40-36-31-29-27-25-23-21-19-17-15-13-11-9-7-5-2)52-49(51(61)50(60)46(43-57)64-52)56(48(59)42-54-3)53(62)63-44-45-38-34-33-35-39-45/h33-35,38-39,46,49-52,54,57,60-61H,4-32,36-37,40-44H2,1-3H3/t46-,49-,50-,51-,52?/m1/s1. The molecule has 11 heteroatoms. The van der Waals surface area contributed by atoms with E-state index < -0.39 is 49.2 Å². The van der Waals surface area contributed by atoms with Crippen molar-refractivity contribution in [1.29, 1.82) is 0 Å². The average molecular weight is 902 g/mol. The molecule has 11 nitrogen and oxygen atoms in total. The number of imide groups is 1. The molecule has 370 valence electrons. The van der Waals surface area contributed by atoms with Crippen LogP contribution >= 0.6 is 0 Å². The van der Waals surface area contributed by atoms with Crippen molar-refractivity contribution in [2.45, 2.75) is 257 Å². The van der Waals surface area contributed by atoms with Crippen LogP contribution in [0.15, 0.2) is 30.3 Å². The summed E-state index contributed by atoms with van der Waals surface area (Å²) in [6, 6.07) is 7.58. The third kappa shape index (κ3) is 24.8. The van der Waals surface area contributed by atoms with E-state index in [1.807, 2.05) is 18.2 Å². The number of nitrogens with one attached hydrogen (secondary N) is 1. The number of ether oxygens (including phenoxy) is 2. The number of carbonyl (C=O) groups is 3. The van der Waals surface area contributed by atoms with Crippen molar-refractivity contribution in [2.24, 2.45) is 0 Å². The van der Waals surface area contributed by atoms with Gasteiger partial charge in [-0.05, 0) is 25.5 Å². The molecule has 1 saturated heterocycles. The summed E-state index contributed by atoms with van der Waals surface area (Å²) in [5.41, 5.74) is 0.707. The lowest BCUT2D eigenvalue weighted by Crippen LogP contribution is -2.70. The summed E-state index contributed by atoms with van der Waals surface area (Å²) in [6.07, 6.45) is 31.1. The van der Waals surface area contributed by atoms with E-state index >= 15 is 0 Å². The Bertz CT molecular complexity index is 1290. The summed E-state index contributed by atoms with van der Waals surface area (Å²) in [7, 11) is 1.57. The second-order valence-corrected chi connectivity index (χ2v) is 18.6. The van der Waals surface area contributed by atoms with Crippen LogP contribution in [0.2, 0.25) is 0 Å². The monoisotopic (exact) mass is 902 g/mol. The first-order valence-corrected chi connectivity index (χ1v) is 26.4. The summed E-state index contributed by atoms with van der Waals surface area (Å²) in [5, 5.41) is 35.8. The van der Waals surface area contributed by atoms with Gasteiger partial charge in [0.1, 0.15) is 31.0 Å². The fraction of sp³-hybridized carbons (Fsp3) is 0.830. The first-order valence-electron chi connectivity index (χ1n) is 26.4. The lowest BCUT2D eigenvalue weighted by atomic mass is 9.93. The highest BCUT2D eigenvalue weighted by molar-refractivity contribution is 5.93. The predicted octanol–water partition coefficient (Wildman–Crippen LogP) is 11.5. The minimum atomic E-state index is -1.71. The van der Waals surface area contributed by atoms with E-state index in [1.54, 1.807) is 24.1 Å². The first-order chi connectivity index (χ1) is 31.3. The van der Waals surface area contributed by atoms with E-state index in [1.165, 1.54) is 148 Å². The molecule has 0 aliphatic carbocycles. The number of likely N-dealkylation sites (N-methyl/N-ethyl adjacent to an activating group) is 1. The molecule has 0 radical (unpaired) electrons. The Morgan fingerprint density at radius 1 is 0.594 bits per heavy atom. The lowest BCUT2D eigenvalue weighted by molar-refractivity contribution is -0.244. The van der Waals surface area contributed by atoms with Gasteiger partial charge in [0.25, 0.3) is 0 Å². The maximum Gasteiger partial charge on any atom is 0.417 e. The van der Waals surface area contributed by atoms with Gasteiger partial charge in [-0.25, -0.2) is 9.69 Å². The Hall–Kier alpha value is -2.57. The summed E-state index contributed by atoms with van der Waals surface area (Å²) in [5.74, 6) is -0.908. The molecule has 1 heterocycles. The molecule has 1 aliphatic heterocycles. The summed E-state index contributed by atoms with van der Waals surface area (Å²) in [6.45, 7) is 3.80. The second kappa shape index (κ2) is 38.5. The number of carbonyl (C=O) groups excluding carboxylic acids is 3. The van der Waals surface area contributed by atoms with E-state index in [4.69, 9.17) is 9.47 Å². The zero-order valence-electron chi connectivity index (χ0n) is 41.0. The van der Waals surface area contributed by atoms with Crippen LogP contribution in [-0.4, -0.2) is 100 Å². The van der Waals surface area contributed by atoms with Crippen molar-refractivity contribution in [3.8, 4) is 0 Å². The highest BCUT2D eigenvalue weighted by atomic mass is 16.6. The molecule has 1 aliphatic rings. The van der Waals surface area contributed by atoms with Gasteiger partial charge in [-0.3, -0.25) is 9.59 Å². The zero-order valence-corrected chi connectivity index (χ0v) is 41.0. The Labute approximate surface area is 390 Å². The van der Waals surface area contributed by atoms with Crippen LogP contribution in [0.4, 0.5) is 4.79 Å². The Kier molecular flexibility index (Phi) is 34.6. The van der Waals surface area contributed by atoms with Crippen LogP contribution in [0.1, 0.15) is 225 Å². The molecule has 0 aromatic heterocycles. The van der Waals surface area contributed by atoms with Crippen LogP contribution in [0.5, 0.6) is 0 Å². The number of aliphatic hydroxyl groups is 3. The van der Waals surface area contributed by atoms with Crippen LogP contribution in [-0.2, 0) is 25.7 Å². The molecule has 5 atom stereocenters. The number of aliphatic hydroxyl groups excluding tert-OH is 3. The fourth-order valence-corrected chi connectivity index (χ4v) is 9.05. The molecule has 0 bridgehead atoms. The van der Waals surface area contributed by atoms with Crippen LogP contribution in [0.25, 0.3) is 0 Å². The molecular weight excluding hydrogens is 807 g/mol. The lowest BCUT2D eigenvalue weighted by Gasteiger charge is -2.49. The number of nitrogens with zero attached hydrogens (tertiary/aromatic N) is 2. The molecule has 0 saturated carbocycles. The van der Waals surface area contributed by atoms with Gasteiger partial charge in [-0.2, -0.15) is 0 Å². The van der Waals surface area contributed by atoms with E-state index in [0.29, 0.717) is 18.4 Å². The van der Waals surface area contributed by atoms with Gasteiger partial charge in [0.2, 0.25) is 11.8 Å². The predicted molar refractivity (Wildman–Crippen MR) is 260 cm³/mol. The normalized spacial score (nSPS) is 18.6. The highest BCUT2D eigenvalue weighted by Crippen LogP contribution is 2.30. The SMILES string of the molecule is CCCCCCCCCCCCCCCCCCN(C(=O)CCCCCCCCCCCCCCCCC)C1O[C@H](CO)[C@@H](O)[C@H](O)[C@H]1N(C(=O)CNC)C(=O)OCc1ccccc1. The van der Waals surface area contributed by atoms with Crippen molar-refractivity contribution in [3.63, 3.8) is 0 Å². The number of rotatable bonds is 40. The van der Waals surface area contributed by atoms with Gasteiger partial charge in [0, 0.05) is 13.0 Å². The number of hydrogen-bond acceptors (Lipinski definition) is 9. The molecule has 0 spiro atoms. The maximum atomic E-state index is 14.3. The number of hydrogen-bond donors (Lipinski definition) is 4.